The maximum Gasteiger partial charge on any atom is 0.307 e. The Hall–Kier alpha value is -2.60. The smallest absolute Gasteiger partial charge is 0.307 e. The number of carboxylic acid groups (broad SMARTS) is 1. The number of nitrogens with one attached hydrogen (secondary N) is 1. The molecule has 1 unspecified atom stereocenters. The number of ether oxygens (including phenoxy) is 2. The third-order valence-electron chi connectivity index (χ3n) is 5.00. The Morgan fingerprint density at radius 2 is 1.55 bits per heavy atom. The molecular weight excluding hydrogens is 461 g/mol. The Morgan fingerprint density at radius 3 is 2.23 bits per heavy atom. The Labute approximate surface area is 194 Å². The van der Waals surface area contributed by atoms with Gasteiger partial charge in [0.1, 0.15) is 0 Å². The lowest BCUT2D eigenvalue weighted by atomic mass is 9.92. The van der Waals surface area contributed by atoms with Crippen LogP contribution in [0.15, 0.2) is 54.6 Å². The number of halogens is 3. The molecule has 1 heterocycles. The topological polar surface area (TPSA) is 67.8 Å². The summed E-state index contributed by atoms with van der Waals surface area (Å²) in [4.78, 5) is 11.9. The zero-order valence-electron chi connectivity index (χ0n) is 16.2. The maximum absolute atomic E-state index is 11.9. The van der Waals surface area contributed by atoms with Crippen molar-refractivity contribution in [1.82, 2.24) is 0 Å². The van der Waals surface area contributed by atoms with Gasteiger partial charge in [0, 0.05) is 22.5 Å². The molecular formula is C23H18Cl3NO4. The molecule has 0 saturated carbocycles. The molecule has 0 amide bonds. The fourth-order valence-electron chi connectivity index (χ4n) is 3.38. The first-order chi connectivity index (χ1) is 14.9. The number of aliphatic carboxylic acids is 1. The molecule has 3 aromatic rings. The van der Waals surface area contributed by atoms with E-state index >= 15 is 0 Å². The summed E-state index contributed by atoms with van der Waals surface area (Å²) < 4.78 is 10.7. The molecule has 4 rings (SSSR count). The summed E-state index contributed by atoms with van der Waals surface area (Å²) in [7, 11) is 0. The fraction of sp³-hybridized carbons (Fsp3) is 0.174. The summed E-state index contributed by atoms with van der Waals surface area (Å²) >= 11 is 18.3. The van der Waals surface area contributed by atoms with E-state index in [1.54, 1.807) is 24.3 Å². The van der Waals surface area contributed by atoms with E-state index < -0.39 is 11.9 Å². The van der Waals surface area contributed by atoms with Crippen LogP contribution in [-0.4, -0.2) is 17.9 Å². The number of rotatable bonds is 7. The second kappa shape index (κ2) is 9.27. The van der Waals surface area contributed by atoms with E-state index in [1.807, 2.05) is 30.3 Å². The van der Waals surface area contributed by atoms with Crippen LogP contribution in [0.3, 0.4) is 0 Å². The summed E-state index contributed by atoms with van der Waals surface area (Å²) in [5.41, 5.74) is 3.29. The van der Waals surface area contributed by atoms with Crippen LogP contribution in [-0.2, 0) is 17.6 Å². The van der Waals surface area contributed by atoms with Gasteiger partial charge < -0.3 is 19.9 Å². The van der Waals surface area contributed by atoms with Crippen molar-refractivity contribution in [2.75, 3.05) is 12.1 Å². The lowest BCUT2D eigenvalue weighted by Crippen LogP contribution is -2.19. The first-order valence-corrected chi connectivity index (χ1v) is 10.6. The Balaban J connectivity index is 1.45. The average molecular weight is 479 g/mol. The Kier molecular flexibility index (Phi) is 6.46. The molecule has 31 heavy (non-hydrogen) atoms. The predicted octanol–water partition coefficient (Wildman–Crippen LogP) is 6.61. The summed E-state index contributed by atoms with van der Waals surface area (Å²) in [6.45, 7) is 0.139. The van der Waals surface area contributed by atoms with E-state index in [9.17, 15) is 9.90 Å². The molecule has 8 heteroatoms. The van der Waals surface area contributed by atoms with Crippen molar-refractivity contribution < 1.29 is 19.4 Å². The van der Waals surface area contributed by atoms with Gasteiger partial charge >= 0.3 is 5.97 Å². The molecule has 0 aromatic heterocycles. The molecule has 1 aliphatic heterocycles. The van der Waals surface area contributed by atoms with Crippen LogP contribution < -0.4 is 14.8 Å². The van der Waals surface area contributed by atoms with Gasteiger partial charge in [0.2, 0.25) is 6.79 Å². The minimum Gasteiger partial charge on any atom is -0.481 e. The summed E-state index contributed by atoms with van der Waals surface area (Å²) in [6, 6.07) is 16.3. The third-order valence-corrected chi connectivity index (χ3v) is 6.09. The number of hydrogen-bond donors (Lipinski definition) is 2. The van der Waals surface area contributed by atoms with Crippen LogP contribution in [0.1, 0.15) is 11.1 Å². The van der Waals surface area contributed by atoms with Gasteiger partial charge in [0.05, 0.1) is 16.0 Å². The molecule has 2 N–H and O–H groups in total. The highest BCUT2D eigenvalue weighted by molar-refractivity contribution is 6.42. The quantitative estimate of drug-likeness (QED) is 0.400. The summed E-state index contributed by atoms with van der Waals surface area (Å²) in [5.74, 6) is -0.356. The Bertz CT molecular complexity index is 1120. The number of fused-ring (bicyclic) bond motifs is 1. The maximum atomic E-state index is 11.9. The van der Waals surface area contributed by atoms with Crippen LogP contribution in [0.5, 0.6) is 11.5 Å². The first kappa shape index (κ1) is 21.6. The zero-order chi connectivity index (χ0) is 22.0. The van der Waals surface area contributed by atoms with Crippen molar-refractivity contribution in [2.24, 2.45) is 5.92 Å². The molecule has 3 aromatic carbocycles. The number of hydrogen-bond acceptors (Lipinski definition) is 4. The molecule has 0 aliphatic carbocycles. The normalized spacial score (nSPS) is 13.1. The van der Waals surface area contributed by atoms with E-state index in [0.717, 1.165) is 22.5 Å². The third kappa shape index (κ3) is 5.18. The van der Waals surface area contributed by atoms with Crippen LogP contribution >= 0.6 is 34.8 Å². The molecule has 1 atom stereocenters. The molecule has 5 nitrogen and oxygen atoms in total. The van der Waals surface area contributed by atoms with Gasteiger partial charge in [-0.3, -0.25) is 4.79 Å². The molecule has 0 bridgehead atoms. The van der Waals surface area contributed by atoms with Crippen molar-refractivity contribution in [3.8, 4) is 11.5 Å². The molecule has 0 spiro atoms. The van der Waals surface area contributed by atoms with E-state index in [4.69, 9.17) is 44.3 Å². The van der Waals surface area contributed by atoms with Crippen LogP contribution in [0.25, 0.3) is 0 Å². The molecule has 0 radical (unpaired) electrons. The van der Waals surface area contributed by atoms with Crippen molar-refractivity contribution in [1.29, 1.82) is 0 Å². The highest BCUT2D eigenvalue weighted by Crippen LogP contribution is 2.38. The van der Waals surface area contributed by atoms with E-state index in [0.29, 0.717) is 33.0 Å². The molecule has 0 fully saturated rings. The molecule has 0 saturated heterocycles. The number of benzene rings is 3. The highest BCUT2D eigenvalue weighted by atomic mass is 35.5. The molecule has 160 valence electrons. The monoisotopic (exact) mass is 477 g/mol. The van der Waals surface area contributed by atoms with Crippen LogP contribution in [0.4, 0.5) is 11.4 Å². The number of anilines is 2. The lowest BCUT2D eigenvalue weighted by Gasteiger charge is -2.15. The summed E-state index contributed by atoms with van der Waals surface area (Å²) in [5, 5.41) is 14.4. The van der Waals surface area contributed by atoms with Crippen molar-refractivity contribution in [2.45, 2.75) is 12.8 Å². The van der Waals surface area contributed by atoms with Gasteiger partial charge in [-0.15, -0.1) is 0 Å². The summed E-state index contributed by atoms with van der Waals surface area (Å²) in [6.07, 6.45) is 0.654. The van der Waals surface area contributed by atoms with Gasteiger partial charge in [0.15, 0.2) is 11.5 Å². The predicted molar refractivity (Wildman–Crippen MR) is 122 cm³/mol. The second-order valence-corrected chi connectivity index (χ2v) is 8.41. The number of carbonyl (C=O) groups is 1. The van der Waals surface area contributed by atoms with Crippen molar-refractivity contribution >= 4 is 52.1 Å². The minimum atomic E-state index is -0.883. The van der Waals surface area contributed by atoms with Gasteiger partial charge in [-0.2, -0.15) is 0 Å². The standard InChI is InChI=1S/C23H18Cl3NO4/c24-18-6-5-17(10-20(18)26)27-16-3-1-13(2-4-16)7-15(23(28)29)8-14-9-21-22(11-19(14)25)31-12-30-21/h1-6,9-11,15,27H,7-8,12H2,(H,28,29). The Morgan fingerprint density at radius 1 is 0.871 bits per heavy atom. The van der Waals surface area contributed by atoms with Crippen molar-refractivity contribution in [3.63, 3.8) is 0 Å². The lowest BCUT2D eigenvalue weighted by molar-refractivity contribution is -0.141. The van der Waals surface area contributed by atoms with Crippen LogP contribution in [0.2, 0.25) is 15.1 Å². The van der Waals surface area contributed by atoms with E-state index in [2.05, 4.69) is 5.32 Å². The second-order valence-electron chi connectivity index (χ2n) is 7.19. The zero-order valence-corrected chi connectivity index (χ0v) is 18.5. The first-order valence-electron chi connectivity index (χ1n) is 9.51. The number of carboxylic acids is 1. The van der Waals surface area contributed by atoms with Gasteiger partial charge in [-0.05, 0) is 60.4 Å². The SMILES string of the molecule is O=C(O)C(Cc1ccc(Nc2ccc(Cl)c(Cl)c2)cc1)Cc1cc2c(cc1Cl)OCO2. The van der Waals surface area contributed by atoms with Gasteiger partial charge in [-0.1, -0.05) is 46.9 Å². The fourth-order valence-corrected chi connectivity index (χ4v) is 3.91. The minimum absolute atomic E-state index is 0.139. The molecule has 1 aliphatic rings. The average Bonchev–Trinajstić information content (AvgIpc) is 3.18. The largest absolute Gasteiger partial charge is 0.481 e. The van der Waals surface area contributed by atoms with Gasteiger partial charge in [0.25, 0.3) is 0 Å². The van der Waals surface area contributed by atoms with Crippen molar-refractivity contribution in [3.05, 3.63) is 80.8 Å². The highest BCUT2D eigenvalue weighted by Gasteiger charge is 2.23. The van der Waals surface area contributed by atoms with Crippen LogP contribution in [0, 0.1) is 5.92 Å². The van der Waals surface area contributed by atoms with E-state index in [1.165, 1.54) is 0 Å². The van der Waals surface area contributed by atoms with E-state index in [-0.39, 0.29) is 13.2 Å². The van der Waals surface area contributed by atoms with Gasteiger partial charge in [-0.25, -0.2) is 0 Å².